The molecule has 0 aliphatic rings. The molecule has 0 fully saturated rings. The fourth-order valence-electron chi connectivity index (χ4n) is 1.66. The van der Waals surface area contributed by atoms with Gasteiger partial charge in [-0.05, 0) is 30.0 Å². The minimum atomic E-state index is 0.547. The molecule has 0 atom stereocenters. The summed E-state index contributed by atoms with van der Waals surface area (Å²) in [6.07, 6.45) is 2.88. The molecular weight excluding hydrogens is 250 g/mol. The number of nitrogens with one attached hydrogen (secondary N) is 1. The molecule has 0 amide bonds. The standard InChI is InChI=1S/C17H27NO2/c1-4-11-20-17-7-5-16(6-8-17)14-18-10-13-19-12-9-15(2)3/h4-8,15,18H,1,9-14H2,2-3H3. The van der Waals surface area contributed by atoms with Gasteiger partial charge in [-0.3, -0.25) is 0 Å². The molecule has 3 heteroatoms. The predicted molar refractivity (Wildman–Crippen MR) is 84.1 cm³/mol. The van der Waals surface area contributed by atoms with Crippen LogP contribution >= 0.6 is 0 Å². The molecule has 0 saturated carbocycles. The molecule has 1 aromatic carbocycles. The second-order valence-electron chi connectivity index (χ2n) is 5.22. The molecule has 0 bridgehead atoms. The lowest BCUT2D eigenvalue weighted by molar-refractivity contribution is 0.125. The van der Waals surface area contributed by atoms with Crippen LogP contribution in [0.4, 0.5) is 0 Å². The number of hydrogen-bond acceptors (Lipinski definition) is 3. The molecule has 1 N–H and O–H groups in total. The summed E-state index contributed by atoms with van der Waals surface area (Å²) in [6, 6.07) is 8.12. The highest BCUT2D eigenvalue weighted by Crippen LogP contribution is 2.11. The van der Waals surface area contributed by atoms with Gasteiger partial charge in [0.05, 0.1) is 6.61 Å². The van der Waals surface area contributed by atoms with Crippen molar-refractivity contribution in [2.75, 3.05) is 26.4 Å². The van der Waals surface area contributed by atoms with Crippen LogP contribution in [0.1, 0.15) is 25.8 Å². The van der Waals surface area contributed by atoms with E-state index in [2.05, 4.69) is 37.9 Å². The Balaban J connectivity index is 2.08. The number of ether oxygens (including phenoxy) is 2. The normalized spacial score (nSPS) is 10.8. The third kappa shape index (κ3) is 7.97. The molecule has 0 spiro atoms. The molecule has 20 heavy (non-hydrogen) atoms. The lowest BCUT2D eigenvalue weighted by Crippen LogP contribution is -2.19. The summed E-state index contributed by atoms with van der Waals surface area (Å²) < 4.78 is 11.0. The van der Waals surface area contributed by atoms with Gasteiger partial charge in [0.2, 0.25) is 0 Å². The summed E-state index contributed by atoms with van der Waals surface area (Å²) in [4.78, 5) is 0. The lowest BCUT2D eigenvalue weighted by Gasteiger charge is -2.08. The Morgan fingerprint density at radius 1 is 1.20 bits per heavy atom. The largest absolute Gasteiger partial charge is 0.490 e. The quantitative estimate of drug-likeness (QED) is 0.497. The van der Waals surface area contributed by atoms with Crippen LogP contribution < -0.4 is 10.1 Å². The molecule has 0 aromatic heterocycles. The van der Waals surface area contributed by atoms with Gasteiger partial charge < -0.3 is 14.8 Å². The average molecular weight is 277 g/mol. The first-order chi connectivity index (χ1) is 9.72. The Morgan fingerprint density at radius 3 is 2.60 bits per heavy atom. The topological polar surface area (TPSA) is 30.5 Å². The third-order valence-electron chi connectivity index (χ3n) is 2.88. The van der Waals surface area contributed by atoms with E-state index in [0.29, 0.717) is 12.5 Å². The van der Waals surface area contributed by atoms with Crippen LogP contribution in [0.25, 0.3) is 0 Å². The molecule has 3 nitrogen and oxygen atoms in total. The van der Waals surface area contributed by atoms with Crippen molar-refractivity contribution >= 4 is 0 Å². The zero-order chi connectivity index (χ0) is 14.6. The summed E-state index contributed by atoms with van der Waals surface area (Å²) in [6.45, 7) is 12.0. The van der Waals surface area contributed by atoms with E-state index < -0.39 is 0 Å². The van der Waals surface area contributed by atoms with Crippen molar-refractivity contribution in [1.82, 2.24) is 5.32 Å². The van der Waals surface area contributed by atoms with Gasteiger partial charge in [0.1, 0.15) is 12.4 Å². The SMILES string of the molecule is C=CCOc1ccc(CNCCOCCC(C)C)cc1. The summed E-state index contributed by atoms with van der Waals surface area (Å²) in [5.74, 6) is 1.59. The average Bonchev–Trinajstić information content (AvgIpc) is 2.45. The van der Waals surface area contributed by atoms with Gasteiger partial charge in [0, 0.05) is 19.7 Å². The van der Waals surface area contributed by atoms with Crippen molar-refractivity contribution in [3.63, 3.8) is 0 Å². The molecule has 112 valence electrons. The minimum Gasteiger partial charge on any atom is -0.490 e. The third-order valence-corrected chi connectivity index (χ3v) is 2.88. The van der Waals surface area contributed by atoms with Crippen molar-refractivity contribution in [1.29, 1.82) is 0 Å². The Kier molecular flexibility index (Phi) is 8.76. The maximum absolute atomic E-state index is 5.55. The predicted octanol–water partition coefficient (Wildman–Crippen LogP) is 3.40. The highest BCUT2D eigenvalue weighted by molar-refractivity contribution is 5.27. The van der Waals surface area contributed by atoms with Gasteiger partial charge >= 0.3 is 0 Å². The van der Waals surface area contributed by atoms with E-state index in [1.165, 1.54) is 5.56 Å². The van der Waals surface area contributed by atoms with Crippen LogP contribution in [0.15, 0.2) is 36.9 Å². The summed E-state index contributed by atoms with van der Waals surface area (Å²) >= 11 is 0. The minimum absolute atomic E-state index is 0.547. The van der Waals surface area contributed by atoms with E-state index in [1.54, 1.807) is 6.08 Å². The maximum Gasteiger partial charge on any atom is 0.119 e. The highest BCUT2D eigenvalue weighted by atomic mass is 16.5. The Bertz CT molecular complexity index is 360. The van der Waals surface area contributed by atoms with Gasteiger partial charge in [-0.25, -0.2) is 0 Å². The van der Waals surface area contributed by atoms with E-state index in [9.17, 15) is 0 Å². The van der Waals surface area contributed by atoms with Crippen molar-refractivity contribution in [3.05, 3.63) is 42.5 Å². The number of hydrogen-bond donors (Lipinski definition) is 1. The smallest absolute Gasteiger partial charge is 0.119 e. The Labute approximate surface area is 123 Å². The maximum atomic E-state index is 5.55. The molecular formula is C17H27NO2. The molecule has 1 aromatic rings. The first kappa shape index (κ1) is 16.7. The van der Waals surface area contributed by atoms with E-state index >= 15 is 0 Å². The second kappa shape index (κ2) is 10.5. The Morgan fingerprint density at radius 2 is 1.95 bits per heavy atom. The van der Waals surface area contributed by atoms with E-state index in [1.807, 2.05) is 12.1 Å². The first-order valence-electron chi connectivity index (χ1n) is 7.33. The molecule has 1 rings (SSSR count). The van der Waals surface area contributed by atoms with Gasteiger partial charge in [-0.15, -0.1) is 0 Å². The van der Waals surface area contributed by atoms with Gasteiger partial charge in [0.15, 0.2) is 0 Å². The fraction of sp³-hybridized carbons (Fsp3) is 0.529. The Hall–Kier alpha value is -1.32. The summed E-state index contributed by atoms with van der Waals surface area (Å²) in [5.41, 5.74) is 1.25. The lowest BCUT2D eigenvalue weighted by atomic mass is 10.1. The molecule has 0 radical (unpaired) electrons. The van der Waals surface area contributed by atoms with Gasteiger partial charge in [-0.2, -0.15) is 0 Å². The second-order valence-corrected chi connectivity index (χ2v) is 5.22. The van der Waals surface area contributed by atoms with Crippen molar-refractivity contribution < 1.29 is 9.47 Å². The number of rotatable bonds is 11. The van der Waals surface area contributed by atoms with Crippen molar-refractivity contribution in [2.24, 2.45) is 5.92 Å². The number of benzene rings is 1. The van der Waals surface area contributed by atoms with Crippen molar-refractivity contribution in [2.45, 2.75) is 26.8 Å². The summed E-state index contributed by atoms with van der Waals surface area (Å²) in [5, 5.41) is 3.37. The summed E-state index contributed by atoms with van der Waals surface area (Å²) in [7, 11) is 0. The zero-order valence-corrected chi connectivity index (χ0v) is 12.7. The molecule has 0 aliphatic carbocycles. The van der Waals surface area contributed by atoms with Crippen molar-refractivity contribution in [3.8, 4) is 5.75 Å². The van der Waals surface area contributed by atoms with Crippen LogP contribution in [0.5, 0.6) is 5.75 Å². The van der Waals surface area contributed by atoms with Gasteiger partial charge in [0.25, 0.3) is 0 Å². The highest BCUT2D eigenvalue weighted by Gasteiger charge is 1.96. The fourth-order valence-corrected chi connectivity index (χ4v) is 1.66. The monoisotopic (exact) mass is 277 g/mol. The molecule has 0 saturated heterocycles. The molecule has 0 aliphatic heterocycles. The van der Waals surface area contributed by atoms with E-state index in [-0.39, 0.29) is 0 Å². The zero-order valence-electron chi connectivity index (χ0n) is 12.7. The van der Waals surface area contributed by atoms with Gasteiger partial charge in [-0.1, -0.05) is 38.6 Å². The first-order valence-corrected chi connectivity index (χ1v) is 7.33. The van der Waals surface area contributed by atoms with Crippen LogP contribution in [0.3, 0.4) is 0 Å². The van der Waals surface area contributed by atoms with E-state index in [4.69, 9.17) is 9.47 Å². The van der Waals surface area contributed by atoms with Crippen LogP contribution in [-0.2, 0) is 11.3 Å². The van der Waals surface area contributed by atoms with Crippen LogP contribution in [0.2, 0.25) is 0 Å². The molecule has 0 unspecified atom stereocenters. The van der Waals surface area contributed by atoms with Crippen LogP contribution in [-0.4, -0.2) is 26.4 Å². The van der Waals surface area contributed by atoms with E-state index in [0.717, 1.165) is 38.5 Å². The van der Waals surface area contributed by atoms with Crippen LogP contribution in [0, 0.1) is 5.92 Å². The molecule has 0 heterocycles.